The summed E-state index contributed by atoms with van der Waals surface area (Å²) in [4.78, 5) is 28.0. The van der Waals surface area contributed by atoms with Crippen molar-refractivity contribution in [1.82, 2.24) is 29.5 Å². The van der Waals surface area contributed by atoms with Gasteiger partial charge in [-0.3, -0.25) is 14.4 Å². The van der Waals surface area contributed by atoms with Gasteiger partial charge in [-0.25, -0.2) is 9.37 Å². The maximum Gasteiger partial charge on any atom is 0.236 e. The number of hydrogen-bond donors (Lipinski definition) is 1. The molecule has 0 atom stereocenters. The number of ether oxygens (including phenoxy) is 1. The fourth-order valence-corrected chi connectivity index (χ4v) is 4.30. The zero-order valence-corrected chi connectivity index (χ0v) is 18.6. The van der Waals surface area contributed by atoms with Crippen molar-refractivity contribution in [2.45, 2.75) is 0 Å². The molecule has 2 aliphatic heterocycles. The molecule has 2 aliphatic rings. The highest BCUT2D eigenvalue weighted by Gasteiger charge is 2.26. The number of fused-ring (bicyclic) bond motifs is 1. The van der Waals surface area contributed by atoms with Crippen molar-refractivity contribution in [2.24, 2.45) is 7.05 Å². The first-order valence-corrected chi connectivity index (χ1v) is 11.1. The summed E-state index contributed by atoms with van der Waals surface area (Å²) in [6.07, 6.45) is 0. The molecule has 10 nitrogen and oxygen atoms in total. The van der Waals surface area contributed by atoms with Crippen molar-refractivity contribution in [2.75, 3.05) is 69.7 Å². The van der Waals surface area contributed by atoms with Gasteiger partial charge in [0.15, 0.2) is 5.65 Å². The van der Waals surface area contributed by atoms with E-state index in [9.17, 15) is 9.18 Å². The molecular weight excluding hydrogens is 427 g/mol. The van der Waals surface area contributed by atoms with E-state index in [1.54, 1.807) is 25.2 Å². The zero-order valence-electron chi connectivity index (χ0n) is 18.6. The van der Waals surface area contributed by atoms with Crippen LogP contribution in [-0.4, -0.2) is 94.5 Å². The third-order valence-electron chi connectivity index (χ3n) is 6.23. The van der Waals surface area contributed by atoms with Crippen molar-refractivity contribution in [3.05, 3.63) is 30.1 Å². The average Bonchev–Trinajstić information content (AvgIpc) is 3.13. The van der Waals surface area contributed by atoms with E-state index in [2.05, 4.69) is 15.0 Å². The van der Waals surface area contributed by atoms with Crippen LogP contribution in [0.2, 0.25) is 0 Å². The maximum atomic E-state index is 14.6. The standard InChI is InChI=1S/C22H27FN8O2/c1-28-20(24)18-19(15-4-2-3-5-16(15)23)25-22(26-21(18)27-28)31-8-6-29(7-9-31)14-17(32)30-10-12-33-13-11-30/h2-5H,6-14,24H2,1H3. The number of nitrogen functional groups attached to an aromatic ring is 1. The van der Waals surface area contributed by atoms with Crippen molar-refractivity contribution in [3.63, 3.8) is 0 Å². The molecule has 5 rings (SSSR count). The van der Waals surface area contributed by atoms with Gasteiger partial charge in [0.05, 0.1) is 30.8 Å². The number of benzene rings is 1. The predicted octanol–water partition coefficient (Wildman–Crippen LogP) is 0.732. The van der Waals surface area contributed by atoms with Crippen LogP contribution >= 0.6 is 0 Å². The molecule has 1 amide bonds. The van der Waals surface area contributed by atoms with Crippen LogP contribution in [0.3, 0.4) is 0 Å². The van der Waals surface area contributed by atoms with Gasteiger partial charge in [-0.2, -0.15) is 10.1 Å². The van der Waals surface area contributed by atoms with Gasteiger partial charge >= 0.3 is 0 Å². The summed E-state index contributed by atoms with van der Waals surface area (Å²) in [6, 6.07) is 6.49. The van der Waals surface area contributed by atoms with Gasteiger partial charge in [0.1, 0.15) is 11.6 Å². The summed E-state index contributed by atoms with van der Waals surface area (Å²) in [6.45, 7) is 5.61. The summed E-state index contributed by atoms with van der Waals surface area (Å²) >= 11 is 0. The van der Waals surface area contributed by atoms with E-state index in [1.807, 2.05) is 9.80 Å². The first kappa shape index (κ1) is 21.5. The molecule has 2 aromatic heterocycles. The molecule has 2 saturated heterocycles. The fraction of sp³-hybridized carbons (Fsp3) is 0.455. The molecule has 174 valence electrons. The van der Waals surface area contributed by atoms with Crippen LogP contribution in [0.1, 0.15) is 0 Å². The fourth-order valence-electron chi connectivity index (χ4n) is 4.30. The molecule has 2 N–H and O–H groups in total. The van der Waals surface area contributed by atoms with Gasteiger partial charge in [-0.1, -0.05) is 12.1 Å². The molecule has 0 unspecified atom stereocenters. The molecule has 0 spiro atoms. The Kier molecular flexibility index (Phi) is 5.81. The SMILES string of the molecule is Cn1nc2nc(N3CCN(CC(=O)N4CCOCC4)CC3)nc(-c3ccccc3F)c2c1N. The number of hydrogen-bond acceptors (Lipinski definition) is 8. The second kappa shape index (κ2) is 8.91. The lowest BCUT2D eigenvalue weighted by atomic mass is 10.1. The van der Waals surface area contributed by atoms with E-state index in [0.717, 1.165) is 0 Å². The first-order valence-electron chi connectivity index (χ1n) is 11.1. The van der Waals surface area contributed by atoms with Crippen LogP contribution in [-0.2, 0) is 16.6 Å². The van der Waals surface area contributed by atoms with Gasteiger partial charge in [0, 0.05) is 51.9 Å². The third-order valence-corrected chi connectivity index (χ3v) is 6.23. The Morgan fingerprint density at radius 2 is 1.82 bits per heavy atom. The predicted molar refractivity (Wildman–Crippen MR) is 122 cm³/mol. The normalized spacial score (nSPS) is 17.6. The van der Waals surface area contributed by atoms with Gasteiger partial charge in [0.25, 0.3) is 0 Å². The Morgan fingerprint density at radius 3 is 2.55 bits per heavy atom. The Hall–Kier alpha value is -3.31. The van der Waals surface area contributed by atoms with Crippen LogP contribution in [0.4, 0.5) is 16.2 Å². The second-order valence-electron chi connectivity index (χ2n) is 8.32. The highest BCUT2D eigenvalue weighted by molar-refractivity contribution is 5.99. The molecule has 3 aromatic rings. The number of aryl methyl sites for hydroxylation is 1. The number of rotatable bonds is 4. The molecule has 0 radical (unpaired) electrons. The quantitative estimate of drug-likeness (QED) is 0.615. The van der Waals surface area contributed by atoms with Crippen LogP contribution in [0.15, 0.2) is 24.3 Å². The van der Waals surface area contributed by atoms with Crippen LogP contribution in [0, 0.1) is 5.82 Å². The van der Waals surface area contributed by atoms with Crippen LogP contribution in [0.25, 0.3) is 22.3 Å². The van der Waals surface area contributed by atoms with Crippen molar-refractivity contribution < 1.29 is 13.9 Å². The van der Waals surface area contributed by atoms with E-state index in [4.69, 9.17) is 15.5 Å². The minimum atomic E-state index is -0.377. The summed E-state index contributed by atoms with van der Waals surface area (Å²) in [7, 11) is 1.73. The number of nitrogens with zero attached hydrogens (tertiary/aromatic N) is 7. The van der Waals surface area contributed by atoms with Crippen LogP contribution in [0.5, 0.6) is 0 Å². The average molecular weight is 455 g/mol. The largest absolute Gasteiger partial charge is 0.383 e. The Labute approximate surface area is 190 Å². The number of piperazine rings is 1. The molecule has 11 heteroatoms. The number of morpholine rings is 1. The minimum absolute atomic E-state index is 0.134. The Balaban J connectivity index is 1.36. The number of amides is 1. The van der Waals surface area contributed by atoms with Gasteiger partial charge < -0.3 is 20.3 Å². The Morgan fingerprint density at radius 1 is 1.09 bits per heavy atom. The summed E-state index contributed by atoms with van der Waals surface area (Å²) in [5.41, 5.74) is 7.44. The maximum absolute atomic E-state index is 14.6. The number of carbonyl (C=O) groups excluding carboxylic acids is 1. The van der Waals surface area contributed by atoms with E-state index < -0.39 is 0 Å². The zero-order chi connectivity index (χ0) is 22.9. The second-order valence-corrected chi connectivity index (χ2v) is 8.32. The first-order chi connectivity index (χ1) is 16.0. The Bertz CT molecular complexity index is 1170. The third kappa shape index (κ3) is 4.21. The molecule has 2 fully saturated rings. The van der Waals surface area contributed by atoms with E-state index in [0.29, 0.717) is 93.1 Å². The molecule has 4 heterocycles. The number of nitrogens with two attached hydrogens (primary N) is 1. The lowest BCUT2D eigenvalue weighted by Crippen LogP contribution is -2.51. The molecule has 1 aromatic carbocycles. The van der Waals surface area contributed by atoms with Gasteiger partial charge in [-0.15, -0.1) is 0 Å². The van der Waals surface area contributed by atoms with E-state index in [-0.39, 0.29) is 11.7 Å². The number of halogens is 1. The number of anilines is 2. The topological polar surface area (TPSA) is 106 Å². The number of carbonyl (C=O) groups is 1. The smallest absolute Gasteiger partial charge is 0.236 e. The lowest BCUT2D eigenvalue weighted by Gasteiger charge is -2.36. The molecule has 0 bridgehead atoms. The monoisotopic (exact) mass is 454 g/mol. The minimum Gasteiger partial charge on any atom is -0.383 e. The van der Waals surface area contributed by atoms with Crippen molar-refractivity contribution >= 4 is 28.7 Å². The molecule has 33 heavy (non-hydrogen) atoms. The number of aromatic nitrogens is 4. The van der Waals surface area contributed by atoms with Crippen molar-refractivity contribution in [1.29, 1.82) is 0 Å². The van der Waals surface area contributed by atoms with Gasteiger partial charge in [0.2, 0.25) is 11.9 Å². The van der Waals surface area contributed by atoms with Gasteiger partial charge in [-0.05, 0) is 12.1 Å². The molecule has 0 saturated carbocycles. The van der Waals surface area contributed by atoms with E-state index in [1.165, 1.54) is 10.7 Å². The molecular formula is C22H27FN8O2. The molecule has 0 aliphatic carbocycles. The summed E-state index contributed by atoms with van der Waals surface area (Å²) < 4.78 is 21.5. The highest BCUT2D eigenvalue weighted by atomic mass is 19.1. The van der Waals surface area contributed by atoms with Crippen molar-refractivity contribution in [3.8, 4) is 11.3 Å². The summed E-state index contributed by atoms with van der Waals surface area (Å²) in [5, 5.41) is 4.95. The lowest BCUT2D eigenvalue weighted by molar-refractivity contribution is -0.136. The summed E-state index contributed by atoms with van der Waals surface area (Å²) in [5.74, 6) is 0.632. The van der Waals surface area contributed by atoms with Crippen LogP contribution < -0.4 is 10.6 Å². The highest BCUT2D eigenvalue weighted by Crippen LogP contribution is 2.33. The van der Waals surface area contributed by atoms with E-state index >= 15 is 0 Å².